The molecule has 0 bridgehead atoms. The van der Waals surface area contributed by atoms with Gasteiger partial charge < -0.3 is 15.1 Å². The van der Waals surface area contributed by atoms with Crippen molar-refractivity contribution in [3.63, 3.8) is 0 Å². The molecule has 0 aliphatic carbocycles. The second kappa shape index (κ2) is 10.0. The molecular formula is C27H31N5O2. The van der Waals surface area contributed by atoms with Gasteiger partial charge in [-0.1, -0.05) is 24.3 Å². The number of aryl methyl sites for hydroxylation is 1. The summed E-state index contributed by atoms with van der Waals surface area (Å²) >= 11 is 0. The summed E-state index contributed by atoms with van der Waals surface area (Å²) in [5.74, 6) is 0.532. The molecule has 1 fully saturated rings. The van der Waals surface area contributed by atoms with Crippen LogP contribution in [-0.2, 0) is 16.0 Å². The topological polar surface area (TPSA) is 78.4 Å². The van der Waals surface area contributed by atoms with Crippen molar-refractivity contribution in [3.8, 4) is 11.1 Å². The van der Waals surface area contributed by atoms with Gasteiger partial charge in [-0.3, -0.25) is 14.6 Å². The summed E-state index contributed by atoms with van der Waals surface area (Å²) in [7, 11) is 0. The molecule has 1 N–H and O–H groups in total. The van der Waals surface area contributed by atoms with E-state index < -0.39 is 0 Å². The molecule has 1 saturated heterocycles. The van der Waals surface area contributed by atoms with Crippen LogP contribution in [0, 0.1) is 6.92 Å². The van der Waals surface area contributed by atoms with Crippen molar-refractivity contribution in [2.24, 2.45) is 0 Å². The van der Waals surface area contributed by atoms with Gasteiger partial charge in [-0.2, -0.15) is 0 Å². The lowest BCUT2D eigenvalue weighted by atomic mass is 10.0. The molecule has 2 unspecified atom stereocenters. The van der Waals surface area contributed by atoms with E-state index >= 15 is 0 Å². The molecule has 0 saturated carbocycles. The quantitative estimate of drug-likeness (QED) is 0.625. The first-order chi connectivity index (χ1) is 16.3. The summed E-state index contributed by atoms with van der Waals surface area (Å²) in [6, 6.07) is 16.1. The lowest BCUT2D eigenvalue weighted by Crippen LogP contribution is -2.58. The van der Waals surface area contributed by atoms with Crippen LogP contribution >= 0.6 is 0 Å². The number of pyridine rings is 2. The van der Waals surface area contributed by atoms with Crippen LogP contribution in [0.25, 0.3) is 11.1 Å². The van der Waals surface area contributed by atoms with E-state index in [1.165, 1.54) is 0 Å². The van der Waals surface area contributed by atoms with Gasteiger partial charge in [0.1, 0.15) is 5.82 Å². The molecule has 7 nitrogen and oxygen atoms in total. The predicted octanol–water partition coefficient (Wildman–Crippen LogP) is 4.08. The minimum absolute atomic E-state index is 0.106. The second-order valence-corrected chi connectivity index (χ2v) is 9.04. The smallest absolute Gasteiger partial charge is 0.229 e. The van der Waals surface area contributed by atoms with Crippen molar-refractivity contribution in [2.75, 3.05) is 23.3 Å². The average molecular weight is 458 g/mol. The SMILES string of the molecule is CC(=O)N1C(C)CN(c2ccc(NC(=O)Cc3ccc(-c4ccnc(C)c4)cc3)nc2)CC1C. The zero-order valence-corrected chi connectivity index (χ0v) is 20.2. The Balaban J connectivity index is 1.34. The fraction of sp³-hybridized carbons (Fsp3) is 0.333. The van der Waals surface area contributed by atoms with Crippen LogP contribution in [0.15, 0.2) is 60.9 Å². The summed E-state index contributed by atoms with van der Waals surface area (Å²) in [6.07, 6.45) is 3.86. The van der Waals surface area contributed by atoms with Crippen LogP contribution in [-0.4, -0.2) is 51.9 Å². The normalized spacial score (nSPS) is 18.0. The molecule has 34 heavy (non-hydrogen) atoms. The molecule has 0 spiro atoms. The number of carbonyl (C=O) groups excluding carboxylic acids is 2. The maximum absolute atomic E-state index is 12.5. The minimum atomic E-state index is -0.106. The zero-order chi connectivity index (χ0) is 24.2. The van der Waals surface area contributed by atoms with Gasteiger partial charge >= 0.3 is 0 Å². The van der Waals surface area contributed by atoms with Gasteiger partial charge in [0.05, 0.1) is 18.3 Å². The van der Waals surface area contributed by atoms with Crippen LogP contribution < -0.4 is 10.2 Å². The maximum Gasteiger partial charge on any atom is 0.229 e. The van der Waals surface area contributed by atoms with E-state index in [9.17, 15) is 9.59 Å². The van der Waals surface area contributed by atoms with Gasteiger partial charge in [0.2, 0.25) is 11.8 Å². The number of nitrogens with one attached hydrogen (secondary N) is 1. The average Bonchev–Trinajstić information content (AvgIpc) is 2.79. The molecule has 3 heterocycles. The van der Waals surface area contributed by atoms with Crippen molar-refractivity contribution in [3.05, 3.63) is 72.2 Å². The molecule has 3 aromatic rings. The van der Waals surface area contributed by atoms with Gasteiger partial charge in [0, 0.05) is 44.0 Å². The highest BCUT2D eigenvalue weighted by Gasteiger charge is 2.31. The third kappa shape index (κ3) is 5.42. The number of nitrogens with zero attached hydrogens (tertiary/aromatic N) is 4. The first-order valence-electron chi connectivity index (χ1n) is 11.6. The fourth-order valence-electron chi connectivity index (χ4n) is 4.71. The Morgan fingerprint density at radius 1 is 0.971 bits per heavy atom. The first-order valence-corrected chi connectivity index (χ1v) is 11.6. The van der Waals surface area contributed by atoms with E-state index in [2.05, 4.69) is 34.0 Å². The van der Waals surface area contributed by atoms with Gasteiger partial charge in [0.15, 0.2) is 0 Å². The third-order valence-corrected chi connectivity index (χ3v) is 6.21. The fourth-order valence-corrected chi connectivity index (χ4v) is 4.71. The summed E-state index contributed by atoms with van der Waals surface area (Å²) in [6.45, 7) is 9.24. The van der Waals surface area contributed by atoms with Crippen LogP contribution in [0.5, 0.6) is 0 Å². The van der Waals surface area contributed by atoms with E-state index in [0.29, 0.717) is 5.82 Å². The Labute approximate surface area is 200 Å². The summed E-state index contributed by atoms with van der Waals surface area (Å²) in [5, 5.41) is 2.88. The number of amides is 2. The Morgan fingerprint density at radius 3 is 2.26 bits per heavy atom. The van der Waals surface area contributed by atoms with E-state index in [-0.39, 0.29) is 30.3 Å². The summed E-state index contributed by atoms with van der Waals surface area (Å²) < 4.78 is 0. The molecule has 7 heteroatoms. The predicted molar refractivity (Wildman–Crippen MR) is 135 cm³/mol. The monoisotopic (exact) mass is 457 g/mol. The van der Waals surface area contributed by atoms with Gasteiger partial charge in [-0.25, -0.2) is 4.98 Å². The molecule has 4 rings (SSSR count). The number of carbonyl (C=O) groups is 2. The molecule has 2 amide bonds. The van der Waals surface area contributed by atoms with E-state index in [1.807, 2.05) is 60.4 Å². The highest BCUT2D eigenvalue weighted by Crippen LogP contribution is 2.23. The molecule has 1 aliphatic heterocycles. The van der Waals surface area contributed by atoms with Crippen LogP contribution in [0.2, 0.25) is 0 Å². The van der Waals surface area contributed by atoms with Crippen molar-refractivity contribution in [1.82, 2.24) is 14.9 Å². The first kappa shape index (κ1) is 23.4. The molecule has 2 atom stereocenters. The Bertz CT molecular complexity index is 1150. The highest BCUT2D eigenvalue weighted by molar-refractivity contribution is 5.91. The number of hydrogen-bond acceptors (Lipinski definition) is 5. The lowest BCUT2D eigenvalue weighted by molar-refractivity contribution is -0.133. The molecular weight excluding hydrogens is 426 g/mol. The molecule has 1 aromatic carbocycles. The highest BCUT2D eigenvalue weighted by atomic mass is 16.2. The molecule has 0 radical (unpaired) electrons. The molecule has 176 valence electrons. The van der Waals surface area contributed by atoms with Crippen molar-refractivity contribution in [1.29, 1.82) is 0 Å². The Hall–Kier alpha value is -3.74. The zero-order valence-electron chi connectivity index (χ0n) is 20.2. The van der Waals surface area contributed by atoms with Gasteiger partial charge in [0.25, 0.3) is 0 Å². The minimum Gasteiger partial charge on any atom is -0.366 e. The largest absolute Gasteiger partial charge is 0.366 e. The van der Waals surface area contributed by atoms with Crippen LogP contribution in [0.3, 0.4) is 0 Å². The summed E-state index contributed by atoms with van der Waals surface area (Å²) in [4.78, 5) is 37.3. The summed E-state index contributed by atoms with van der Waals surface area (Å²) in [5.41, 5.74) is 5.11. The number of aromatic nitrogens is 2. The molecule has 2 aromatic heterocycles. The van der Waals surface area contributed by atoms with Crippen LogP contribution in [0.4, 0.5) is 11.5 Å². The van der Waals surface area contributed by atoms with E-state index in [0.717, 1.165) is 41.2 Å². The third-order valence-electron chi connectivity index (χ3n) is 6.21. The number of rotatable bonds is 5. The van der Waals surface area contributed by atoms with Crippen molar-refractivity contribution in [2.45, 2.75) is 46.2 Å². The molecule has 1 aliphatic rings. The number of piperazine rings is 1. The number of anilines is 2. The number of benzene rings is 1. The van der Waals surface area contributed by atoms with Crippen LogP contribution in [0.1, 0.15) is 32.0 Å². The van der Waals surface area contributed by atoms with Gasteiger partial charge in [-0.05, 0) is 61.7 Å². The Morgan fingerprint density at radius 2 is 1.68 bits per heavy atom. The lowest BCUT2D eigenvalue weighted by Gasteiger charge is -2.45. The maximum atomic E-state index is 12.5. The number of hydrogen-bond donors (Lipinski definition) is 1. The standard InChI is InChI=1S/C27H31N5O2/c1-18-13-24(11-12-28-18)23-7-5-22(6-8-23)14-27(34)30-26-10-9-25(15-29-26)31-16-19(2)32(21(4)33)20(3)17-31/h5-13,15,19-20H,14,16-17H2,1-4H3,(H,29,30,34). The second-order valence-electron chi connectivity index (χ2n) is 9.04. The van der Waals surface area contributed by atoms with Gasteiger partial charge in [-0.15, -0.1) is 0 Å². The van der Waals surface area contributed by atoms with E-state index in [4.69, 9.17) is 0 Å². The van der Waals surface area contributed by atoms with Crippen molar-refractivity contribution < 1.29 is 9.59 Å². The van der Waals surface area contributed by atoms with Crippen molar-refractivity contribution >= 4 is 23.3 Å². The Kier molecular flexibility index (Phi) is 6.91. The van der Waals surface area contributed by atoms with E-state index in [1.54, 1.807) is 19.3 Å².